The van der Waals surface area contributed by atoms with Crippen molar-refractivity contribution < 1.29 is 13.2 Å². The molecule has 0 aromatic heterocycles. The highest BCUT2D eigenvalue weighted by atomic mass is 19.4. The maximum atomic E-state index is 12.5. The third-order valence-electron chi connectivity index (χ3n) is 3.42. The molecule has 0 amide bonds. The highest BCUT2D eigenvalue weighted by Crippen LogP contribution is 2.33. The summed E-state index contributed by atoms with van der Waals surface area (Å²) in [7, 11) is 0. The van der Waals surface area contributed by atoms with E-state index in [9.17, 15) is 13.2 Å². The average molecular weight is 252 g/mol. The number of benzene rings is 1. The molecule has 0 unspecified atom stereocenters. The largest absolute Gasteiger partial charge is 0.416 e. The lowest BCUT2D eigenvalue weighted by Crippen LogP contribution is -2.04. The lowest BCUT2D eigenvalue weighted by Gasteiger charge is -2.16. The second kappa shape index (κ2) is 4.63. The molecule has 96 valence electrons. The molecule has 0 spiro atoms. The van der Waals surface area contributed by atoms with Crippen LogP contribution in [0.2, 0.25) is 0 Å². The SMILES string of the molecule is CC1=C(C)CCC(c2ccc(C(F)(F)F)cc2)=C1. The van der Waals surface area contributed by atoms with Crippen LogP contribution in [0.15, 0.2) is 41.5 Å². The fraction of sp³-hybridized carbons (Fsp3) is 0.333. The predicted molar refractivity (Wildman–Crippen MR) is 67.0 cm³/mol. The Balaban J connectivity index is 2.29. The smallest absolute Gasteiger partial charge is 0.166 e. The minimum Gasteiger partial charge on any atom is -0.166 e. The van der Waals surface area contributed by atoms with Gasteiger partial charge in [0.2, 0.25) is 0 Å². The van der Waals surface area contributed by atoms with Crippen LogP contribution < -0.4 is 0 Å². The summed E-state index contributed by atoms with van der Waals surface area (Å²) in [5, 5.41) is 0. The fourth-order valence-electron chi connectivity index (χ4n) is 2.08. The highest BCUT2D eigenvalue weighted by Gasteiger charge is 2.30. The molecule has 0 radical (unpaired) electrons. The number of allylic oxidation sites excluding steroid dienone is 4. The van der Waals surface area contributed by atoms with E-state index in [-0.39, 0.29) is 0 Å². The van der Waals surface area contributed by atoms with E-state index in [4.69, 9.17) is 0 Å². The van der Waals surface area contributed by atoms with Gasteiger partial charge in [0.25, 0.3) is 0 Å². The molecule has 1 aromatic rings. The van der Waals surface area contributed by atoms with Crippen molar-refractivity contribution in [1.29, 1.82) is 0 Å². The normalized spacial score (nSPS) is 16.8. The van der Waals surface area contributed by atoms with Crippen molar-refractivity contribution >= 4 is 5.57 Å². The van der Waals surface area contributed by atoms with Gasteiger partial charge < -0.3 is 0 Å². The van der Waals surface area contributed by atoms with Crippen LogP contribution in [0.5, 0.6) is 0 Å². The maximum absolute atomic E-state index is 12.5. The summed E-state index contributed by atoms with van der Waals surface area (Å²) in [6.07, 6.45) is -0.305. The van der Waals surface area contributed by atoms with Crippen molar-refractivity contribution in [3.63, 3.8) is 0 Å². The van der Waals surface area contributed by atoms with Gasteiger partial charge in [0.05, 0.1) is 5.56 Å². The number of alkyl halides is 3. The molecule has 0 N–H and O–H groups in total. The summed E-state index contributed by atoms with van der Waals surface area (Å²) in [4.78, 5) is 0. The molecule has 18 heavy (non-hydrogen) atoms. The lowest BCUT2D eigenvalue weighted by atomic mass is 9.90. The zero-order valence-corrected chi connectivity index (χ0v) is 10.4. The van der Waals surface area contributed by atoms with E-state index in [1.54, 1.807) is 12.1 Å². The van der Waals surface area contributed by atoms with E-state index >= 15 is 0 Å². The topological polar surface area (TPSA) is 0 Å². The van der Waals surface area contributed by atoms with Gasteiger partial charge in [0.1, 0.15) is 0 Å². The van der Waals surface area contributed by atoms with E-state index in [1.165, 1.54) is 11.1 Å². The quantitative estimate of drug-likeness (QED) is 0.642. The minimum atomic E-state index is -4.26. The van der Waals surface area contributed by atoms with E-state index in [1.807, 2.05) is 6.92 Å². The maximum Gasteiger partial charge on any atom is 0.416 e. The zero-order chi connectivity index (χ0) is 13.3. The third-order valence-corrected chi connectivity index (χ3v) is 3.42. The molecule has 0 saturated heterocycles. The van der Waals surface area contributed by atoms with Gasteiger partial charge in [-0.2, -0.15) is 13.2 Å². The van der Waals surface area contributed by atoms with Gasteiger partial charge in [-0.05, 0) is 50.0 Å². The molecular formula is C15H15F3. The van der Waals surface area contributed by atoms with E-state index in [2.05, 4.69) is 13.0 Å². The Kier molecular flexibility index (Phi) is 3.33. The monoisotopic (exact) mass is 252 g/mol. The van der Waals surface area contributed by atoms with Gasteiger partial charge in [0.15, 0.2) is 0 Å². The minimum absolute atomic E-state index is 0.592. The molecule has 2 rings (SSSR count). The molecule has 1 aliphatic rings. The molecule has 0 atom stereocenters. The molecule has 1 aromatic carbocycles. The van der Waals surface area contributed by atoms with Crippen molar-refractivity contribution in [2.45, 2.75) is 32.9 Å². The van der Waals surface area contributed by atoms with Crippen LogP contribution in [-0.2, 0) is 6.18 Å². The molecule has 0 heterocycles. The molecule has 0 fully saturated rings. The summed E-state index contributed by atoms with van der Waals surface area (Å²) in [6, 6.07) is 5.42. The summed E-state index contributed by atoms with van der Waals surface area (Å²) in [6.45, 7) is 4.13. The summed E-state index contributed by atoms with van der Waals surface area (Å²) < 4.78 is 37.4. The Hall–Kier alpha value is -1.51. The lowest BCUT2D eigenvalue weighted by molar-refractivity contribution is -0.137. The Morgan fingerprint density at radius 3 is 2.06 bits per heavy atom. The number of rotatable bonds is 1. The predicted octanol–water partition coefficient (Wildman–Crippen LogP) is 5.22. The first kappa shape index (κ1) is 12.9. The molecule has 0 saturated carbocycles. The van der Waals surface area contributed by atoms with E-state index in [0.717, 1.165) is 36.1 Å². The number of halogens is 3. The van der Waals surface area contributed by atoms with Crippen LogP contribution in [0.3, 0.4) is 0 Å². The van der Waals surface area contributed by atoms with Crippen molar-refractivity contribution in [2.75, 3.05) is 0 Å². The first-order valence-electron chi connectivity index (χ1n) is 5.92. The number of hydrogen-bond acceptors (Lipinski definition) is 0. The van der Waals surface area contributed by atoms with Crippen molar-refractivity contribution in [2.24, 2.45) is 0 Å². The zero-order valence-electron chi connectivity index (χ0n) is 10.4. The van der Waals surface area contributed by atoms with Gasteiger partial charge >= 0.3 is 6.18 Å². The molecule has 1 aliphatic carbocycles. The van der Waals surface area contributed by atoms with Crippen LogP contribution in [-0.4, -0.2) is 0 Å². The first-order chi connectivity index (χ1) is 8.38. The van der Waals surface area contributed by atoms with Crippen molar-refractivity contribution in [3.8, 4) is 0 Å². The first-order valence-corrected chi connectivity index (χ1v) is 5.92. The van der Waals surface area contributed by atoms with Crippen molar-refractivity contribution in [3.05, 3.63) is 52.6 Å². The molecular weight excluding hydrogens is 237 g/mol. The Morgan fingerprint density at radius 1 is 0.944 bits per heavy atom. The Morgan fingerprint density at radius 2 is 1.56 bits per heavy atom. The van der Waals surface area contributed by atoms with Crippen LogP contribution >= 0.6 is 0 Å². The molecule has 3 heteroatoms. The second-order valence-corrected chi connectivity index (χ2v) is 4.71. The molecule has 0 nitrogen and oxygen atoms in total. The number of hydrogen-bond donors (Lipinski definition) is 0. The van der Waals surface area contributed by atoms with Gasteiger partial charge in [-0.3, -0.25) is 0 Å². The third kappa shape index (κ3) is 2.66. The van der Waals surface area contributed by atoms with Gasteiger partial charge in [-0.25, -0.2) is 0 Å². The molecule has 0 bridgehead atoms. The Bertz CT molecular complexity index is 502. The second-order valence-electron chi connectivity index (χ2n) is 4.71. The van der Waals surface area contributed by atoms with Crippen LogP contribution in [0.1, 0.15) is 37.8 Å². The Labute approximate surface area is 105 Å². The fourth-order valence-corrected chi connectivity index (χ4v) is 2.08. The van der Waals surface area contributed by atoms with Crippen LogP contribution in [0, 0.1) is 0 Å². The van der Waals surface area contributed by atoms with Gasteiger partial charge in [-0.15, -0.1) is 0 Å². The standard InChI is InChI=1S/C15H15F3/c1-10-3-4-13(9-11(10)2)12-5-7-14(8-6-12)15(16,17)18/h5-9H,3-4H2,1-2H3. The van der Waals surface area contributed by atoms with Crippen molar-refractivity contribution in [1.82, 2.24) is 0 Å². The van der Waals surface area contributed by atoms with E-state index in [0.29, 0.717) is 0 Å². The van der Waals surface area contributed by atoms with Crippen LogP contribution in [0.4, 0.5) is 13.2 Å². The summed E-state index contributed by atoms with van der Waals surface area (Å²) >= 11 is 0. The summed E-state index contributed by atoms with van der Waals surface area (Å²) in [5.41, 5.74) is 3.98. The van der Waals surface area contributed by atoms with Crippen LogP contribution in [0.25, 0.3) is 5.57 Å². The van der Waals surface area contributed by atoms with E-state index < -0.39 is 11.7 Å². The average Bonchev–Trinajstić information content (AvgIpc) is 2.32. The van der Waals surface area contributed by atoms with Gasteiger partial charge in [0, 0.05) is 0 Å². The highest BCUT2D eigenvalue weighted by molar-refractivity contribution is 5.70. The summed E-state index contributed by atoms with van der Waals surface area (Å²) in [5.74, 6) is 0. The molecule has 0 aliphatic heterocycles. The van der Waals surface area contributed by atoms with Gasteiger partial charge in [-0.1, -0.05) is 29.4 Å².